The van der Waals surface area contributed by atoms with Gasteiger partial charge < -0.3 is 14.7 Å². The van der Waals surface area contributed by atoms with Crippen molar-refractivity contribution < 1.29 is 0 Å². The Labute approximate surface area is 124 Å². The highest BCUT2D eigenvalue weighted by atomic mass is 32.2. The van der Waals surface area contributed by atoms with Crippen LogP contribution in [0, 0.1) is 0 Å². The van der Waals surface area contributed by atoms with E-state index in [0.717, 1.165) is 24.4 Å². The molecule has 8 heteroatoms. The summed E-state index contributed by atoms with van der Waals surface area (Å²) in [4.78, 5) is 27.0. The molecule has 0 fully saturated rings. The molecule has 108 valence electrons. The average molecular weight is 302 g/mol. The van der Waals surface area contributed by atoms with E-state index in [1.807, 2.05) is 16.8 Å². The maximum absolute atomic E-state index is 11.3. The van der Waals surface area contributed by atoms with E-state index in [4.69, 9.17) is 0 Å². The molecule has 3 heterocycles. The number of rotatable bonds is 5. The molecule has 0 unspecified atom stereocenters. The summed E-state index contributed by atoms with van der Waals surface area (Å²) in [5.74, 6) is 0.767. The first-order valence-corrected chi connectivity index (χ1v) is 7.38. The van der Waals surface area contributed by atoms with Gasteiger partial charge in [-0.1, -0.05) is 6.92 Å². The van der Waals surface area contributed by atoms with Gasteiger partial charge in [0.1, 0.15) is 10.8 Å². The third kappa shape index (κ3) is 3.05. The van der Waals surface area contributed by atoms with Gasteiger partial charge in [0.05, 0.1) is 6.20 Å². The largest absolute Gasteiger partial charge is 0.369 e. The lowest BCUT2D eigenvalue weighted by molar-refractivity contribution is 0.922. The minimum Gasteiger partial charge on any atom is -0.369 e. The van der Waals surface area contributed by atoms with Crippen molar-refractivity contribution in [3.8, 4) is 0 Å². The van der Waals surface area contributed by atoms with Crippen molar-refractivity contribution in [1.29, 1.82) is 0 Å². The molecule has 0 bridgehead atoms. The number of aromatic nitrogens is 5. The maximum Gasteiger partial charge on any atom is 0.251 e. The first-order valence-electron chi connectivity index (χ1n) is 6.57. The van der Waals surface area contributed by atoms with Crippen LogP contribution in [0.25, 0.3) is 5.65 Å². The van der Waals surface area contributed by atoms with E-state index in [0.29, 0.717) is 10.2 Å². The second-order valence-electron chi connectivity index (χ2n) is 4.36. The highest BCUT2D eigenvalue weighted by Gasteiger charge is 2.10. The van der Waals surface area contributed by atoms with Gasteiger partial charge in [0.2, 0.25) is 0 Å². The molecule has 0 saturated heterocycles. The van der Waals surface area contributed by atoms with Crippen molar-refractivity contribution in [2.45, 2.75) is 23.5 Å². The molecule has 0 aliphatic heterocycles. The van der Waals surface area contributed by atoms with Crippen molar-refractivity contribution in [3.05, 3.63) is 41.2 Å². The van der Waals surface area contributed by atoms with Crippen LogP contribution in [0.5, 0.6) is 0 Å². The Morgan fingerprint density at radius 2 is 2.29 bits per heavy atom. The molecule has 7 nitrogen and oxygen atoms in total. The summed E-state index contributed by atoms with van der Waals surface area (Å²) < 4.78 is 1.90. The maximum atomic E-state index is 11.3. The predicted molar refractivity (Wildman–Crippen MR) is 80.7 cm³/mol. The van der Waals surface area contributed by atoms with Crippen LogP contribution in [0.4, 0.5) is 5.82 Å². The third-order valence-electron chi connectivity index (χ3n) is 2.74. The van der Waals surface area contributed by atoms with Gasteiger partial charge in [0.25, 0.3) is 5.56 Å². The molecule has 0 aliphatic rings. The fraction of sp³-hybridized carbons (Fsp3) is 0.231. The summed E-state index contributed by atoms with van der Waals surface area (Å²) in [5, 5.41) is 4.43. The Kier molecular flexibility index (Phi) is 3.87. The van der Waals surface area contributed by atoms with Crippen LogP contribution in [0.3, 0.4) is 0 Å². The van der Waals surface area contributed by atoms with E-state index in [2.05, 4.69) is 32.2 Å². The fourth-order valence-corrected chi connectivity index (χ4v) is 2.65. The minimum absolute atomic E-state index is 0.188. The van der Waals surface area contributed by atoms with Crippen molar-refractivity contribution >= 4 is 23.2 Å². The highest BCUT2D eigenvalue weighted by molar-refractivity contribution is 7.99. The Morgan fingerprint density at radius 1 is 1.38 bits per heavy atom. The number of nitrogens with one attached hydrogen (secondary N) is 2. The molecule has 0 amide bonds. The summed E-state index contributed by atoms with van der Waals surface area (Å²) in [7, 11) is 0. The normalized spacial score (nSPS) is 10.9. The monoisotopic (exact) mass is 302 g/mol. The molecular formula is C13H14N6OS. The summed E-state index contributed by atoms with van der Waals surface area (Å²) in [6, 6.07) is 1.38. The van der Waals surface area contributed by atoms with Gasteiger partial charge in [-0.15, -0.1) is 0 Å². The summed E-state index contributed by atoms with van der Waals surface area (Å²) >= 11 is 1.28. The van der Waals surface area contributed by atoms with Gasteiger partial charge in [-0.3, -0.25) is 4.79 Å². The van der Waals surface area contributed by atoms with Gasteiger partial charge in [-0.25, -0.2) is 15.0 Å². The van der Waals surface area contributed by atoms with E-state index in [1.54, 1.807) is 6.20 Å². The van der Waals surface area contributed by atoms with E-state index in [1.165, 1.54) is 24.0 Å². The fourth-order valence-electron chi connectivity index (χ4n) is 1.81. The molecular weight excluding hydrogens is 288 g/mol. The Hall–Kier alpha value is -2.35. The number of H-pyrrole nitrogens is 1. The lowest BCUT2D eigenvalue weighted by atomic mass is 10.5. The molecule has 21 heavy (non-hydrogen) atoms. The van der Waals surface area contributed by atoms with Gasteiger partial charge in [0, 0.05) is 31.2 Å². The van der Waals surface area contributed by atoms with Gasteiger partial charge in [-0.05, 0) is 18.2 Å². The Morgan fingerprint density at radius 3 is 3.10 bits per heavy atom. The molecule has 2 N–H and O–H groups in total. The molecule has 3 aromatic rings. The van der Waals surface area contributed by atoms with Crippen molar-refractivity contribution in [1.82, 2.24) is 24.3 Å². The van der Waals surface area contributed by atoms with Crippen molar-refractivity contribution in [2.24, 2.45) is 0 Å². The second-order valence-corrected chi connectivity index (χ2v) is 5.34. The molecule has 0 aromatic carbocycles. The lowest BCUT2D eigenvalue weighted by Crippen LogP contribution is -2.07. The summed E-state index contributed by atoms with van der Waals surface area (Å²) in [6.07, 6.45) is 7.96. The van der Waals surface area contributed by atoms with Gasteiger partial charge in [-0.2, -0.15) is 0 Å². The van der Waals surface area contributed by atoms with E-state index >= 15 is 0 Å². The van der Waals surface area contributed by atoms with E-state index in [-0.39, 0.29) is 5.56 Å². The number of nitrogens with zero attached hydrogens (tertiary/aromatic N) is 4. The number of hydrogen-bond acceptors (Lipinski definition) is 6. The molecule has 0 radical (unpaired) electrons. The van der Waals surface area contributed by atoms with Crippen LogP contribution in [0.2, 0.25) is 0 Å². The van der Waals surface area contributed by atoms with E-state index < -0.39 is 0 Å². The average Bonchev–Trinajstić information content (AvgIpc) is 2.94. The van der Waals surface area contributed by atoms with E-state index in [9.17, 15) is 4.79 Å². The smallest absolute Gasteiger partial charge is 0.251 e. The quantitative estimate of drug-likeness (QED) is 0.699. The zero-order valence-electron chi connectivity index (χ0n) is 11.4. The third-order valence-corrected chi connectivity index (χ3v) is 3.61. The number of imidazole rings is 1. The van der Waals surface area contributed by atoms with Crippen molar-refractivity contribution in [2.75, 3.05) is 11.9 Å². The standard InChI is InChI=1S/C13H14N6OS/c1-2-4-14-9-8-19-7-6-15-11(19)12(17-9)21-13-16-5-3-10(20)18-13/h3,5-8,14H,2,4H2,1H3,(H,16,18,20). The topological polar surface area (TPSA) is 88.0 Å². The predicted octanol–water partition coefficient (Wildman–Crippen LogP) is 1.79. The molecule has 0 spiro atoms. The minimum atomic E-state index is -0.188. The summed E-state index contributed by atoms with van der Waals surface area (Å²) in [5.41, 5.74) is 0.542. The number of fused-ring (bicyclic) bond motifs is 1. The van der Waals surface area contributed by atoms with Crippen LogP contribution >= 0.6 is 11.8 Å². The van der Waals surface area contributed by atoms with Crippen LogP contribution in [0.15, 0.2) is 45.8 Å². The molecule has 3 aromatic heterocycles. The summed E-state index contributed by atoms with van der Waals surface area (Å²) in [6.45, 7) is 2.94. The van der Waals surface area contributed by atoms with Crippen LogP contribution in [-0.2, 0) is 0 Å². The first kappa shape index (κ1) is 13.6. The Bertz CT molecular complexity index is 812. The second kappa shape index (κ2) is 5.96. The zero-order valence-corrected chi connectivity index (χ0v) is 12.2. The van der Waals surface area contributed by atoms with Crippen LogP contribution in [-0.4, -0.2) is 30.9 Å². The molecule has 3 rings (SSSR count). The SMILES string of the molecule is CCCNc1cn2ccnc2c(Sc2nccc(=O)[nH]2)n1. The van der Waals surface area contributed by atoms with Gasteiger partial charge >= 0.3 is 0 Å². The number of hydrogen-bond donors (Lipinski definition) is 2. The molecule has 0 aliphatic carbocycles. The number of aromatic amines is 1. The first-order chi connectivity index (χ1) is 10.3. The number of anilines is 1. The zero-order chi connectivity index (χ0) is 14.7. The van der Waals surface area contributed by atoms with Crippen LogP contribution < -0.4 is 10.9 Å². The lowest BCUT2D eigenvalue weighted by Gasteiger charge is -2.08. The Balaban J connectivity index is 1.99. The molecule has 0 atom stereocenters. The highest BCUT2D eigenvalue weighted by Crippen LogP contribution is 2.26. The molecule has 0 saturated carbocycles. The van der Waals surface area contributed by atoms with Gasteiger partial charge in [0.15, 0.2) is 10.8 Å². The van der Waals surface area contributed by atoms with Crippen LogP contribution in [0.1, 0.15) is 13.3 Å². The van der Waals surface area contributed by atoms with Crippen molar-refractivity contribution in [3.63, 3.8) is 0 Å².